The molecule has 1 fully saturated rings. The van der Waals surface area contributed by atoms with Crippen LogP contribution in [0.1, 0.15) is 11.1 Å². The van der Waals surface area contributed by atoms with Crippen LogP contribution < -0.4 is 0 Å². The first-order valence-corrected chi connectivity index (χ1v) is 8.01. The first-order chi connectivity index (χ1) is 11.0. The third-order valence-electron chi connectivity index (χ3n) is 3.30. The van der Waals surface area contributed by atoms with Crippen molar-refractivity contribution in [2.75, 3.05) is 0 Å². The molecule has 1 N–H and O–H groups in total. The Morgan fingerprint density at radius 3 is 2.57 bits per heavy atom. The summed E-state index contributed by atoms with van der Waals surface area (Å²) >= 11 is 6.73. The van der Waals surface area contributed by atoms with E-state index in [9.17, 15) is 14.7 Å². The van der Waals surface area contributed by atoms with E-state index in [1.54, 1.807) is 48.5 Å². The third kappa shape index (κ3) is 3.57. The highest BCUT2D eigenvalue weighted by molar-refractivity contribution is 8.18. The van der Waals surface area contributed by atoms with Gasteiger partial charge in [0.25, 0.3) is 11.1 Å². The van der Waals surface area contributed by atoms with Crippen molar-refractivity contribution in [3.63, 3.8) is 0 Å². The molecule has 0 atom stereocenters. The number of rotatable bonds is 3. The van der Waals surface area contributed by atoms with E-state index in [-0.39, 0.29) is 23.4 Å². The largest absolute Gasteiger partial charge is 0.508 e. The molecule has 0 aliphatic carbocycles. The standard InChI is InChI=1S/C17H12ClNO3S/c18-13-6-4-11(5-7-13)10-19-16(21)15(23-17(19)22)9-12-2-1-3-14(20)8-12/h1-9,20H,10H2. The Bertz CT molecular complexity index is 802. The molecule has 0 aromatic heterocycles. The topological polar surface area (TPSA) is 57.6 Å². The van der Waals surface area contributed by atoms with Crippen LogP contribution in [0, 0.1) is 0 Å². The van der Waals surface area contributed by atoms with Gasteiger partial charge >= 0.3 is 0 Å². The summed E-state index contributed by atoms with van der Waals surface area (Å²) < 4.78 is 0. The number of halogens is 1. The predicted octanol–water partition coefficient (Wildman–Crippen LogP) is 4.28. The van der Waals surface area contributed by atoms with E-state index in [4.69, 9.17) is 11.6 Å². The number of phenolic OH excluding ortho intramolecular Hbond substituents is 1. The van der Waals surface area contributed by atoms with Gasteiger partial charge in [-0.05, 0) is 53.2 Å². The molecule has 2 aromatic rings. The van der Waals surface area contributed by atoms with Crippen LogP contribution in [0.4, 0.5) is 4.79 Å². The van der Waals surface area contributed by atoms with Gasteiger partial charge in [-0.15, -0.1) is 0 Å². The summed E-state index contributed by atoms with van der Waals surface area (Å²) in [5.41, 5.74) is 1.50. The van der Waals surface area contributed by atoms with E-state index in [2.05, 4.69) is 0 Å². The number of hydrogen-bond acceptors (Lipinski definition) is 4. The number of hydrogen-bond donors (Lipinski definition) is 1. The van der Waals surface area contributed by atoms with Crippen molar-refractivity contribution in [2.24, 2.45) is 0 Å². The zero-order valence-corrected chi connectivity index (χ0v) is 13.5. The van der Waals surface area contributed by atoms with Crippen molar-refractivity contribution >= 4 is 40.6 Å². The quantitative estimate of drug-likeness (QED) is 0.843. The number of amides is 2. The zero-order chi connectivity index (χ0) is 16.4. The van der Waals surface area contributed by atoms with E-state index in [1.165, 1.54) is 11.0 Å². The maximum absolute atomic E-state index is 12.4. The van der Waals surface area contributed by atoms with E-state index >= 15 is 0 Å². The highest BCUT2D eigenvalue weighted by Gasteiger charge is 2.34. The van der Waals surface area contributed by atoms with Gasteiger partial charge < -0.3 is 5.11 Å². The lowest BCUT2D eigenvalue weighted by atomic mass is 10.2. The SMILES string of the molecule is O=C1SC(=Cc2cccc(O)c2)C(=O)N1Cc1ccc(Cl)cc1. The fraction of sp³-hybridized carbons (Fsp3) is 0.0588. The summed E-state index contributed by atoms with van der Waals surface area (Å²) in [6, 6.07) is 13.5. The molecule has 1 aliphatic heterocycles. The molecule has 1 aliphatic rings. The average molecular weight is 346 g/mol. The lowest BCUT2D eigenvalue weighted by Crippen LogP contribution is -2.27. The molecule has 0 unspecified atom stereocenters. The van der Waals surface area contributed by atoms with Crippen LogP contribution in [0.5, 0.6) is 5.75 Å². The van der Waals surface area contributed by atoms with Crippen molar-refractivity contribution in [3.8, 4) is 5.75 Å². The molecular formula is C17H12ClNO3S. The molecule has 1 heterocycles. The van der Waals surface area contributed by atoms with Gasteiger partial charge in [-0.2, -0.15) is 0 Å². The second-order valence-corrected chi connectivity index (χ2v) is 6.42. The van der Waals surface area contributed by atoms with E-state index in [0.717, 1.165) is 17.3 Å². The van der Waals surface area contributed by atoms with Crippen LogP contribution in [-0.4, -0.2) is 21.2 Å². The van der Waals surface area contributed by atoms with Crippen LogP contribution in [0.25, 0.3) is 6.08 Å². The molecule has 4 nitrogen and oxygen atoms in total. The monoisotopic (exact) mass is 345 g/mol. The zero-order valence-electron chi connectivity index (χ0n) is 11.9. The Hall–Kier alpha value is -2.24. The van der Waals surface area contributed by atoms with Crippen molar-refractivity contribution in [1.82, 2.24) is 4.90 Å². The summed E-state index contributed by atoms with van der Waals surface area (Å²) in [6.45, 7) is 0.208. The van der Waals surface area contributed by atoms with E-state index < -0.39 is 0 Å². The number of carbonyl (C=O) groups excluding carboxylic acids is 2. The third-order valence-corrected chi connectivity index (χ3v) is 4.45. The number of carbonyl (C=O) groups is 2. The van der Waals surface area contributed by atoms with Gasteiger partial charge in [0.2, 0.25) is 0 Å². The van der Waals surface area contributed by atoms with Crippen LogP contribution in [0.2, 0.25) is 5.02 Å². The molecular weight excluding hydrogens is 334 g/mol. The molecule has 2 aromatic carbocycles. The first kappa shape index (κ1) is 15.6. The molecule has 1 saturated heterocycles. The van der Waals surface area contributed by atoms with Gasteiger partial charge in [0.1, 0.15) is 5.75 Å². The molecule has 23 heavy (non-hydrogen) atoms. The van der Waals surface area contributed by atoms with Crippen molar-refractivity contribution < 1.29 is 14.7 Å². The average Bonchev–Trinajstić information content (AvgIpc) is 2.77. The predicted molar refractivity (Wildman–Crippen MR) is 91.1 cm³/mol. The summed E-state index contributed by atoms with van der Waals surface area (Å²) in [5.74, 6) is -0.225. The van der Waals surface area contributed by atoms with Crippen LogP contribution >= 0.6 is 23.4 Å². The lowest BCUT2D eigenvalue weighted by molar-refractivity contribution is -0.123. The minimum atomic E-state index is -0.335. The maximum Gasteiger partial charge on any atom is 0.293 e. The Kier molecular flexibility index (Phi) is 4.41. The highest BCUT2D eigenvalue weighted by atomic mass is 35.5. The number of nitrogens with zero attached hydrogens (tertiary/aromatic N) is 1. The van der Waals surface area contributed by atoms with Crippen LogP contribution in [-0.2, 0) is 11.3 Å². The Balaban J connectivity index is 1.81. The fourth-order valence-electron chi connectivity index (χ4n) is 2.17. The van der Waals surface area contributed by atoms with Crippen LogP contribution in [0.15, 0.2) is 53.4 Å². The molecule has 2 amide bonds. The lowest BCUT2D eigenvalue weighted by Gasteiger charge is -2.12. The second-order valence-electron chi connectivity index (χ2n) is 4.99. The molecule has 6 heteroatoms. The summed E-state index contributed by atoms with van der Waals surface area (Å²) in [4.78, 5) is 26.0. The molecule has 116 valence electrons. The number of phenols is 1. The Morgan fingerprint density at radius 2 is 1.87 bits per heavy atom. The number of thioether (sulfide) groups is 1. The normalized spacial score (nSPS) is 16.4. The van der Waals surface area contributed by atoms with Crippen molar-refractivity contribution in [1.29, 1.82) is 0 Å². The minimum Gasteiger partial charge on any atom is -0.508 e. The first-order valence-electron chi connectivity index (χ1n) is 6.82. The molecule has 0 bridgehead atoms. The van der Waals surface area contributed by atoms with E-state index in [1.807, 2.05) is 0 Å². The molecule has 0 saturated carbocycles. The van der Waals surface area contributed by atoms with Gasteiger partial charge in [-0.1, -0.05) is 35.9 Å². The number of imide groups is 1. The van der Waals surface area contributed by atoms with Gasteiger partial charge in [0.15, 0.2) is 0 Å². The fourth-order valence-corrected chi connectivity index (χ4v) is 3.14. The summed E-state index contributed by atoms with van der Waals surface area (Å²) in [7, 11) is 0. The smallest absolute Gasteiger partial charge is 0.293 e. The van der Waals surface area contributed by atoms with Crippen LogP contribution in [0.3, 0.4) is 0 Å². The minimum absolute atomic E-state index is 0.110. The van der Waals surface area contributed by atoms with Crippen molar-refractivity contribution in [2.45, 2.75) is 6.54 Å². The second kappa shape index (κ2) is 6.48. The summed E-state index contributed by atoms with van der Waals surface area (Å²) in [5, 5.41) is 9.76. The van der Waals surface area contributed by atoms with Gasteiger partial charge in [-0.3, -0.25) is 14.5 Å². The maximum atomic E-state index is 12.4. The molecule has 3 rings (SSSR count). The summed E-state index contributed by atoms with van der Waals surface area (Å²) in [6.07, 6.45) is 1.60. The van der Waals surface area contributed by atoms with Gasteiger partial charge in [0.05, 0.1) is 11.4 Å². The molecule has 0 radical (unpaired) electrons. The van der Waals surface area contributed by atoms with Gasteiger partial charge in [0, 0.05) is 5.02 Å². The Labute approximate surface area is 142 Å². The van der Waals surface area contributed by atoms with E-state index in [0.29, 0.717) is 15.5 Å². The Morgan fingerprint density at radius 1 is 1.13 bits per heavy atom. The van der Waals surface area contributed by atoms with Gasteiger partial charge in [-0.25, -0.2) is 0 Å². The van der Waals surface area contributed by atoms with Crippen molar-refractivity contribution in [3.05, 3.63) is 69.6 Å². The molecule has 0 spiro atoms. The number of aromatic hydroxyl groups is 1. The number of benzene rings is 2. The highest BCUT2D eigenvalue weighted by Crippen LogP contribution is 2.33.